The molecule has 0 bridgehead atoms. The van der Waals surface area contributed by atoms with E-state index in [0.717, 1.165) is 12.5 Å². The van der Waals surface area contributed by atoms with Crippen LogP contribution in [0.15, 0.2) is 0 Å². The first kappa shape index (κ1) is 9.72. The van der Waals surface area contributed by atoms with Gasteiger partial charge in [-0.15, -0.1) is 12.4 Å². The Morgan fingerprint density at radius 1 is 1.60 bits per heavy atom. The Morgan fingerprint density at radius 2 is 2.20 bits per heavy atom. The summed E-state index contributed by atoms with van der Waals surface area (Å²) >= 11 is 0. The van der Waals surface area contributed by atoms with Gasteiger partial charge in [-0.3, -0.25) is 4.79 Å². The predicted octanol–water partition coefficient (Wildman–Crippen LogP) is -0.107. The molecule has 0 radical (unpaired) electrons. The lowest BCUT2D eigenvalue weighted by Gasteiger charge is -1.98. The largest absolute Gasteiger partial charge is 0.355 e. The average Bonchev–Trinajstić information content (AvgIpc) is 2.65. The zero-order chi connectivity index (χ0) is 6.69. The lowest BCUT2D eigenvalue weighted by Crippen LogP contribution is -2.31. The van der Waals surface area contributed by atoms with E-state index in [1.54, 1.807) is 0 Å². The van der Waals surface area contributed by atoms with Crippen molar-refractivity contribution in [3.8, 4) is 0 Å². The lowest BCUT2D eigenvalue weighted by molar-refractivity contribution is -0.119. The molecule has 0 heterocycles. The zero-order valence-electron chi connectivity index (χ0n) is 5.80. The van der Waals surface area contributed by atoms with Gasteiger partial charge >= 0.3 is 0 Å². The summed E-state index contributed by atoms with van der Waals surface area (Å²) in [5.74, 6) is 0.711. The van der Waals surface area contributed by atoms with Crippen LogP contribution in [0.1, 0.15) is 12.8 Å². The first-order chi connectivity index (χ1) is 4.33. The fourth-order valence-electron chi connectivity index (χ4n) is 0.652. The van der Waals surface area contributed by atoms with Gasteiger partial charge in [-0.05, 0) is 18.8 Å². The topological polar surface area (TPSA) is 55.1 Å². The summed E-state index contributed by atoms with van der Waals surface area (Å²) in [5, 5.41) is 2.73. The molecule has 1 amide bonds. The first-order valence-corrected chi connectivity index (χ1v) is 3.29. The zero-order valence-corrected chi connectivity index (χ0v) is 6.62. The van der Waals surface area contributed by atoms with Crippen LogP contribution in [0.3, 0.4) is 0 Å². The summed E-state index contributed by atoms with van der Waals surface area (Å²) in [6.07, 6.45) is 2.54. The molecule has 1 aliphatic rings. The molecule has 3 N–H and O–H groups in total. The van der Waals surface area contributed by atoms with Crippen molar-refractivity contribution < 1.29 is 4.79 Å². The van der Waals surface area contributed by atoms with E-state index in [1.807, 2.05) is 0 Å². The molecule has 0 aromatic heterocycles. The summed E-state index contributed by atoms with van der Waals surface area (Å²) in [5.41, 5.74) is 5.07. The molecule has 0 aliphatic heterocycles. The number of nitrogens with one attached hydrogen (secondary N) is 1. The smallest absolute Gasteiger partial charge is 0.233 e. The van der Waals surface area contributed by atoms with E-state index < -0.39 is 0 Å². The van der Waals surface area contributed by atoms with Gasteiger partial charge in [0, 0.05) is 6.54 Å². The minimum Gasteiger partial charge on any atom is -0.355 e. The van der Waals surface area contributed by atoms with Gasteiger partial charge in [0.25, 0.3) is 0 Å². The van der Waals surface area contributed by atoms with Gasteiger partial charge in [-0.1, -0.05) is 0 Å². The number of carbonyl (C=O) groups excluding carboxylic acids is 1. The van der Waals surface area contributed by atoms with E-state index in [1.165, 1.54) is 12.8 Å². The highest BCUT2D eigenvalue weighted by atomic mass is 35.5. The third kappa shape index (κ3) is 3.69. The second kappa shape index (κ2) is 4.52. The quantitative estimate of drug-likeness (QED) is 0.612. The van der Waals surface area contributed by atoms with E-state index in [2.05, 4.69) is 5.32 Å². The highest BCUT2D eigenvalue weighted by Crippen LogP contribution is 2.27. The highest BCUT2D eigenvalue weighted by Gasteiger charge is 2.20. The van der Waals surface area contributed by atoms with Crippen LogP contribution in [0.4, 0.5) is 0 Å². The monoisotopic (exact) mass is 164 g/mol. The molecule has 1 aliphatic carbocycles. The van der Waals surface area contributed by atoms with E-state index in [9.17, 15) is 4.79 Å². The van der Waals surface area contributed by atoms with Crippen molar-refractivity contribution in [2.45, 2.75) is 12.8 Å². The number of halogens is 1. The molecular weight excluding hydrogens is 152 g/mol. The van der Waals surface area contributed by atoms with Crippen molar-refractivity contribution in [1.29, 1.82) is 0 Å². The van der Waals surface area contributed by atoms with Gasteiger partial charge in [0.05, 0.1) is 6.54 Å². The van der Waals surface area contributed by atoms with Crippen molar-refractivity contribution in [2.24, 2.45) is 11.7 Å². The minimum absolute atomic E-state index is 0. The fraction of sp³-hybridized carbons (Fsp3) is 0.833. The van der Waals surface area contributed by atoms with Crippen LogP contribution in [-0.2, 0) is 4.79 Å². The van der Waals surface area contributed by atoms with Gasteiger partial charge in [0.2, 0.25) is 5.91 Å². The summed E-state index contributed by atoms with van der Waals surface area (Å²) in [6, 6.07) is 0. The van der Waals surface area contributed by atoms with Gasteiger partial charge in [0.15, 0.2) is 0 Å². The number of hydrogen-bond donors (Lipinski definition) is 2. The molecule has 0 spiro atoms. The van der Waals surface area contributed by atoms with Gasteiger partial charge in [0.1, 0.15) is 0 Å². The molecule has 3 nitrogen and oxygen atoms in total. The van der Waals surface area contributed by atoms with Crippen molar-refractivity contribution in [2.75, 3.05) is 13.1 Å². The molecule has 0 atom stereocenters. The molecule has 4 heteroatoms. The molecule has 0 aromatic carbocycles. The highest BCUT2D eigenvalue weighted by molar-refractivity contribution is 5.85. The number of hydrogen-bond acceptors (Lipinski definition) is 2. The molecular formula is C6H13ClN2O. The van der Waals surface area contributed by atoms with Crippen LogP contribution >= 0.6 is 12.4 Å². The average molecular weight is 165 g/mol. The second-order valence-electron chi connectivity index (χ2n) is 2.45. The maximum Gasteiger partial charge on any atom is 0.233 e. The molecule has 10 heavy (non-hydrogen) atoms. The van der Waals surface area contributed by atoms with Crippen molar-refractivity contribution in [3.63, 3.8) is 0 Å². The van der Waals surface area contributed by atoms with Crippen molar-refractivity contribution in [3.05, 3.63) is 0 Å². The Balaban J connectivity index is 0.000000810. The SMILES string of the molecule is Cl.NCC(=O)NCC1CC1. The molecule has 1 saturated carbocycles. The number of amides is 1. The lowest BCUT2D eigenvalue weighted by atomic mass is 10.4. The summed E-state index contributed by atoms with van der Waals surface area (Å²) in [4.78, 5) is 10.5. The Hall–Kier alpha value is -0.280. The van der Waals surface area contributed by atoms with Crippen molar-refractivity contribution in [1.82, 2.24) is 5.32 Å². The van der Waals surface area contributed by atoms with E-state index >= 15 is 0 Å². The Labute approximate surface area is 66.8 Å². The Morgan fingerprint density at radius 3 is 2.60 bits per heavy atom. The van der Waals surface area contributed by atoms with Gasteiger partial charge in [-0.25, -0.2) is 0 Å². The molecule has 0 unspecified atom stereocenters. The molecule has 1 rings (SSSR count). The standard InChI is InChI=1S/C6H12N2O.ClH/c7-3-6(9)8-4-5-1-2-5;/h5H,1-4,7H2,(H,8,9);1H. The van der Waals surface area contributed by atoms with Crippen LogP contribution < -0.4 is 11.1 Å². The Kier molecular flexibility index (Phi) is 4.40. The third-order valence-electron chi connectivity index (χ3n) is 1.47. The van der Waals surface area contributed by atoms with E-state index in [0.29, 0.717) is 0 Å². The van der Waals surface area contributed by atoms with Gasteiger partial charge in [-0.2, -0.15) is 0 Å². The molecule has 1 fully saturated rings. The summed E-state index contributed by atoms with van der Waals surface area (Å²) in [6.45, 7) is 0.947. The van der Waals surface area contributed by atoms with Crippen LogP contribution in [0.5, 0.6) is 0 Å². The molecule has 0 saturated heterocycles. The number of nitrogens with two attached hydrogens (primary N) is 1. The third-order valence-corrected chi connectivity index (χ3v) is 1.47. The maximum absolute atomic E-state index is 10.5. The van der Waals surface area contributed by atoms with Crippen LogP contribution in [-0.4, -0.2) is 19.0 Å². The maximum atomic E-state index is 10.5. The second-order valence-corrected chi connectivity index (χ2v) is 2.45. The van der Waals surface area contributed by atoms with E-state index in [4.69, 9.17) is 5.73 Å². The number of carbonyl (C=O) groups is 1. The van der Waals surface area contributed by atoms with Gasteiger partial charge < -0.3 is 11.1 Å². The fourth-order valence-corrected chi connectivity index (χ4v) is 0.652. The molecule has 0 aromatic rings. The first-order valence-electron chi connectivity index (χ1n) is 3.29. The predicted molar refractivity (Wildman–Crippen MR) is 42.0 cm³/mol. The normalized spacial score (nSPS) is 15.7. The molecule has 60 valence electrons. The van der Waals surface area contributed by atoms with Crippen LogP contribution in [0.2, 0.25) is 0 Å². The summed E-state index contributed by atoms with van der Waals surface area (Å²) in [7, 11) is 0. The minimum atomic E-state index is -0.0399. The number of rotatable bonds is 3. The van der Waals surface area contributed by atoms with Crippen molar-refractivity contribution >= 4 is 18.3 Å². The Bertz CT molecular complexity index is 114. The van der Waals surface area contributed by atoms with E-state index in [-0.39, 0.29) is 24.9 Å². The van der Waals surface area contributed by atoms with Crippen LogP contribution in [0.25, 0.3) is 0 Å². The van der Waals surface area contributed by atoms with Crippen LogP contribution in [0, 0.1) is 5.92 Å². The summed E-state index contributed by atoms with van der Waals surface area (Å²) < 4.78 is 0.